The van der Waals surface area contributed by atoms with Gasteiger partial charge in [-0.05, 0) is 38.2 Å². The van der Waals surface area contributed by atoms with Crippen LogP contribution in [0, 0.1) is 0 Å². The van der Waals surface area contributed by atoms with Crippen LogP contribution in [0.5, 0.6) is 5.75 Å². The summed E-state index contributed by atoms with van der Waals surface area (Å²) < 4.78 is 10.8. The maximum Gasteiger partial charge on any atom is 0.193 e. The van der Waals surface area contributed by atoms with Crippen LogP contribution in [0.3, 0.4) is 0 Å². The first kappa shape index (κ1) is 24.2. The number of hydrogen-bond acceptors (Lipinski definition) is 5. The molecule has 2 heterocycles. The summed E-state index contributed by atoms with van der Waals surface area (Å²) in [6.45, 7) is 6.71. The summed E-state index contributed by atoms with van der Waals surface area (Å²) in [7, 11) is 7.81. The Morgan fingerprint density at radius 2 is 1.93 bits per heavy atom. The SMILES string of the molecule is CN=C(NCC(c1ccc(OC)cc1)N(C)C)N1CCC(N2CCOCC2)C1.I. The maximum atomic E-state index is 5.49. The summed E-state index contributed by atoms with van der Waals surface area (Å²) >= 11 is 0. The van der Waals surface area contributed by atoms with E-state index in [1.807, 2.05) is 19.2 Å². The molecule has 7 nitrogen and oxygen atoms in total. The normalized spacial score (nSPS) is 21.8. The Kier molecular flexibility index (Phi) is 9.94. The van der Waals surface area contributed by atoms with E-state index in [1.54, 1.807) is 7.11 Å². The molecule has 2 saturated heterocycles. The van der Waals surface area contributed by atoms with Crippen molar-refractivity contribution in [3.05, 3.63) is 29.8 Å². The van der Waals surface area contributed by atoms with Gasteiger partial charge in [0.25, 0.3) is 0 Å². The number of benzene rings is 1. The van der Waals surface area contributed by atoms with Crippen LogP contribution >= 0.6 is 24.0 Å². The molecular weight excluding hydrogens is 481 g/mol. The summed E-state index contributed by atoms with van der Waals surface area (Å²) in [5, 5.41) is 3.60. The number of hydrogen-bond donors (Lipinski definition) is 1. The number of morpholine rings is 1. The fourth-order valence-corrected chi connectivity index (χ4v) is 4.12. The lowest BCUT2D eigenvalue weighted by atomic mass is 10.1. The molecular formula is C21H36IN5O2. The van der Waals surface area contributed by atoms with Gasteiger partial charge in [0.2, 0.25) is 0 Å². The Hall–Kier alpha value is -1.10. The molecule has 0 bridgehead atoms. The highest BCUT2D eigenvalue weighted by atomic mass is 127. The van der Waals surface area contributed by atoms with Crippen LogP contribution in [0.1, 0.15) is 18.0 Å². The van der Waals surface area contributed by atoms with Crippen LogP contribution in [-0.4, -0.2) is 101 Å². The molecule has 0 spiro atoms. The minimum Gasteiger partial charge on any atom is -0.497 e. The molecule has 0 amide bonds. The van der Waals surface area contributed by atoms with Crippen molar-refractivity contribution < 1.29 is 9.47 Å². The molecule has 3 rings (SSSR count). The van der Waals surface area contributed by atoms with Crippen LogP contribution < -0.4 is 10.1 Å². The molecule has 1 aromatic carbocycles. The van der Waals surface area contributed by atoms with E-state index in [9.17, 15) is 0 Å². The fraction of sp³-hybridized carbons (Fsp3) is 0.667. The van der Waals surface area contributed by atoms with E-state index < -0.39 is 0 Å². The molecule has 0 radical (unpaired) electrons. The van der Waals surface area contributed by atoms with Crippen molar-refractivity contribution in [2.75, 3.05) is 74.2 Å². The van der Waals surface area contributed by atoms with Gasteiger partial charge in [-0.3, -0.25) is 9.89 Å². The van der Waals surface area contributed by atoms with Gasteiger partial charge in [0.05, 0.1) is 26.4 Å². The number of methoxy groups -OCH3 is 1. The van der Waals surface area contributed by atoms with Crippen molar-refractivity contribution in [3.8, 4) is 5.75 Å². The molecule has 2 aliphatic rings. The Labute approximate surface area is 192 Å². The number of ether oxygens (including phenoxy) is 2. The quantitative estimate of drug-likeness (QED) is 0.354. The largest absolute Gasteiger partial charge is 0.497 e. The maximum absolute atomic E-state index is 5.49. The van der Waals surface area contributed by atoms with Crippen LogP contribution in [0.4, 0.5) is 0 Å². The highest BCUT2D eigenvalue weighted by Crippen LogP contribution is 2.21. The third-order valence-electron chi connectivity index (χ3n) is 5.81. The van der Waals surface area contributed by atoms with Crippen molar-refractivity contribution in [2.24, 2.45) is 4.99 Å². The number of aliphatic imine (C=N–C) groups is 1. The van der Waals surface area contributed by atoms with Gasteiger partial charge in [-0.1, -0.05) is 12.1 Å². The molecule has 29 heavy (non-hydrogen) atoms. The smallest absolute Gasteiger partial charge is 0.193 e. The van der Waals surface area contributed by atoms with E-state index in [4.69, 9.17) is 9.47 Å². The van der Waals surface area contributed by atoms with Crippen molar-refractivity contribution >= 4 is 29.9 Å². The molecule has 8 heteroatoms. The summed E-state index contributed by atoms with van der Waals surface area (Å²) in [5.74, 6) is 1.88. The highest BCUT2D eigenvalue weighted by molar-refractivity contribution is 14.0. The second kappa shape index (κ2) is 11.9. The zero-order valence-electron chi connectivity index (χ0n) is 18.1. The molecule has 164 valence electrons. The first-order valence-corrected chi connectivity index (χ1v) is 10.2. The van der Waals surface area contributed by atoms with Gasteiger partial charge in [-0.2, -0.15) is 0 Å². The van der Waals surface area contributed by atoms with Crippen LogP contribution in [0.2, 0.25) is 0 Å². The third kappa shape index (κ3) is 6.44. The average molecular weight is 517 g/mol. The number of nitrogens with zero attached hydrogens (tertiary/aromatic N) is 4. The predicted octanol–water partition coefficient (Wildman–Crippen LogP) is 1.90. The van der Waals surface area contributed by atoms with Gasteiger partial charge in [0.1, 0.15) is 5.75 Å². The van der Waals surface area contributed by atoms with Gasteiger partial charge in [-0.25, -0.2) is 0 Å². The van der Waals surface area contributed by atoms with Gasteiger partial charge in [0.15, 0.2) is 5.96 Å². The van der Waals surface area contributed by atoms with Crippen LogP contribution in [0.25, 0.3) is 0 Å². The molecule has 0 aliphatic carbocycles. The second-order valence-electron chi connectivity index (χ2n) is 7.72. The summed E-state index contributed by atoms with van der Waals surface area (Å²) in [6, 6.07) is 9.19. The topological polar surface area (TPSA) is 52.6 Å². The minimum absolute atomic E-state index is 0. The molecule has 2 fully saturated rings. The lowest BCUT2D eigenvalue weighted by Gasteiger charge is -2.32. The van der Waals surface area contributed by atoms with E-state index in [-0.39, 0.29) is 30.0 Å². The summed E-state index contributed by atoms with van der Waals surface area (Å²) in [4.78, 5) is 11.7. The van der Waals surface area contributed by atoms with Crippen molar-refractivity contribution in [1.29, 1.82) is 0 Å². The number of likely N-dealkylation sites (N-methyl/N-ethyl adjacent to an activating group) is 1. The van der Waals surface area contributed by atoms with E-state index >= 15 is 0 Å². The van der Waals surface area contributed by atoms with Gasteiger partial charge in [-0.15, -0.1) is 24.0 Å². The third-order valence-corrected chi connectivity index (χ3v) is 5.81. The number of guanidine groups is 1. The average Bonchev–Trinajstić information content (AvgIpc) is 3.22. The Morgan fingerprint density at radius 1 is 1.24 bits per heavy atom. The van der Waals surface area contributed by atoms with Gasteiger partial charge < -0.3 is 24.6 Å². The predicted molar refractivity (Wildman–Crippen MR) is 129 cm³/mol. The van der Waals surface area contributed by atoms with Crippen LogP contribution in [0.15, 0.2) is 29.3 Å². The summed E-state index contributed by atoms with van der Waals surface area (Å²) in [6.07, 6.45) is 1.19. The van der Waals surface area contributed by atoms with Crippen LogP contribution in [-0.2, 0) is 4.74 Å². The number of rotatable bonds is 6. The van der Waals surface area contributed by atoms with E-state index in [0.29, 0.717) is 6.04 Å². The van der Waals surface area contributed by atoms with Crippen molar-refractivity contribution in [1.82, 2.24) is 20.0 Å². The Morgan fingerprint density at radius 3 is 2.52 bits per heavy atom. The zero-order chi connectivity index (χ0) is 19.9. The van der Waals surface area contributed by atoms with Gasteiger partial charge in [0, 0.05) is 45.8 Å². The standard InChI is InChI=1S/C21H35N5O2.HI/c1-22-21(26-10-9-18(16-26)25-11-13-28-14-12-25)23-15-20(24(2)3)17-5-7-19(27-4)8-6-17;/h5-8,18,20H,9-16H2,1-4H3,(H,22,23);1H. The van der Waals surface area contributed by atoms with Gasteiger partial charge >= 0.3 is 0 Å². The number of likely N-dealkylation sites (tertiary alicyclic amines) is 1. The molecule has 1 aromatic rings. The lowest BCUT2D eigenvalue weighted by Crippen LogP contribution is -2.47. The zero-order valence-corrected chi connectivity index (χ0v) is 20.5. The van der Waals surface area contributed by atoms with Crippen molar-refractivity contribution in [2.45, 2.75) is 18.5 Å². The van der Waals surface area contributed by atoms with Crippen molar-refractivity contribution in [3.63, 3.8) is 0 Å². The van der Waals surface area contributed by atoms with E-state index in [2.05, 4.69) is 51.2 Å². The van der Waals surface area contributed by atoms with E-state index in [0.717, 1.165) is 57.6 Å². The fourth-order valence-electron chi connectivity index (χ4n) is 4.12. The monoisotopic (exact) mass is 517 g/mol. The Balaban J connectivity index is 0.00000300. The molecule has 2 atom stereocenters. The second-order valence-corrected chi connectivity index (χ2v) is 7.72. The first-order valence-electron chi connectivity index (χ1n) is 10.2. The molecule has 1 N–H and O–H groups in total. The highest BCUT2D eigenvalue weighted by Gasteiger charge is 2.30. The van der Waals surface area contributed by atoms with E-state index in [1.165, 1.54) is 12.0 Å². The molecule has 2 unspecified atom stereocenters. The Bertz CT molecular complexity index is 634. The first-order chi connectivity index (χ1) is 13.6. The molecule has 2 aliphatic heterocycles. The number of halogens is 1. The summed E-state index contributed by atoms with van der Waals surface area (Å²) in [5.41, 5.74) is 1.27. The minimum atomic E-state index is 0. The molecule has 0 aromatic heterocycles. The molecule has 0 saturated carbocycles. The lowest BCUT2D eigenvalue weighted by molar-refractivity contribution is 0.0195. The number of nitrogens with one attached hydrogen (secondary N) is 1.